The molecule has 0 aromatic rings. The molecule has 0 aliphatic carbocycles. The van der Waals surface area contributed by atoms with Gasteiger partial charge >= 0.3 is 0 Å². The number of aliphatic hydroxyl groups excluding tert-OH is 1. The Kier molecular flexibility index (Phi) is 11.7. The molecule has 0 radical (unpaired) electrons. The Labute approximate surface area is 68.4 Å². The molecule has 0 amide bonds. The number of nitrogens with one attached hydrogen (secondary N) is 1. The van der Waals surface area contributed by atoms with Gasteiger partial charge in [-0.15, -0.1) is 12.4 Å². The first-order valence-electron chi connectivity index (χ1n) is 3.40. The van der Waals surface area contributed by atoms with Crippen molar-refractivity contribution in [2.45, 2.75) is 19.4 Å². The van der Waals surface area contributed by atoms with Crippen LogP contribution in [-0.4, -0.2) is 30.8 Å². The van der Waals surface area contributed by atoms with E-state index < -0.39 is 0 Å². The summed E-state index contributed by atoms with van der Waals surface area (Å²) >= 11 is 0. The van der Waals surface area contributed by atoms with Crippen molar-refractivity contribution in [1.29, 1.82) is 0 Å². The summed E-state index contributed by atoms with van der Waals surface area (Å²) in [5, 5.41) is 12.1. The van der Waals surface area contributed by atoms with Crippen molar-refractivity contribution in [1.82, 2.24) is 5.32 Å². The summed E-state index contributed by atoms with van der Waals surface area (Å²) in [5.41, 5.74) is 5.21. The molecule has 4 heteroatoms. The number of hydrogen-bond donors (Lipinski definition) is 3. The molecule has 0 saturated carbocycles. The maximum Gasteiger partial charge on any atom is 0.0676 e. The molecule has 0 spiro atoms. The Bertz CT molecular complexity index is 63.7. The van der Waals surface area contributed by atoms with Crippen LogP contribution in [0.15, 0.2) is 0 Å². The largest absolute Gasteiger partial charge is 0.392 e. The second-order valence-electron chi connectivity index (χ2n) is 2.04. The second kappa shape index (κ2) is 9.17. The van der Waals surface area contributed by atoms with E-state index in [1.165, 1.54) is 0 Å². The highest BCUT2D eigenvalue weighted by atomic mass is 35.5. The molecule has 0 saturated heterocycles. The van der Waals surface area contributed by atoms with E-state index in [-0.39, 0.29) is 18.5 Å². The van der Waals surface area contributed by atoms with E-state index in [4.69, 9.17) is 10.8 Å². The van der Waals surface area contributed by atoms with Crippen molar-refractivity contribution in [3.8, 4) is 0 Å². The molecule has 0 bridgehead atoms. The van der Waals surface area contributed by atoms with E-state index >= 15 is 0 Å². The minimum absolute atomic E-state index is 0. The van der Waals surface area contributed by atoms with E-state index in [1.54, 1.807) is 0 Å². The maximum absolute atomic E-state index is 9.04. The summed E-state index contributed by atoms with van der Waals surface area (Å²) in [6, 6.07) is 0. The number of rotatable bonds is 5. The zero-order chi connectivity index (χ0) is 7.11. The van der Waals surface area contributed by atoms with E-state index in [0.29, 0.717) is 19.5 Å². The Morgan fingerprint density at radius 1 is 1.60 bits per heavy atom. The van der Waals surface area contributed by atoms with Crippen LogP contribution in [0.25, 0.3) is 0 Å². The zero-order valence-corrected chi connectivity index (χ0v) is 7.16. The third kappa shape index (κ3) is 8.17. The van der Waals surface area contributed by atoms with Crippen LogP contribution >= 0.6 is 12.4 Å². The molecular weight excluding hydrogens is 152 g/mol. The third-order valence-electron chi connectivity index (χ3n) is 1.13. The van der Waals surface area contributed by atoms with Crippen LogP contribution in [0.3, 0.4) is 0 Å². The van der Waals surface area contributed by atoms with E-state index in [1.807, 2.05) is 6.92 Å². The molecule has 0 aromatic carbocycles. The molecule has 1 atom stereocenters. The van der Waals surface area contributed by atoms with Gasteiger partial charge in [-0.3, -0.25) is 0 Å². The number of halogens is 1. The molecule has 4 N–H and O–H groups in total. The quantitative estimate of drug-likeness (QED) is 0.530. The van der Waals surface area contributed by atoms with Gasteiger partial charge in [0.15, 0.2) is 0 Å². The van der Waals surface area contributed by atoms with Crippen molar-refractivity contribution >= 4 is 12.4 Å². The predicted octanol–water partition coefficient (Wildman–Crippen LogP) is -0.273. The molecule has 0 rings (SSSR count). The fraction of sp³-hybridized carbons (Fsp3) is 1.00. The smallest absolute Gasteiger partial charge is 0.0676 e. The van der Waals surface area contributed by atoms with E-state index in [9.17, 15) is 0 Å². The lowest BCUT2D eigenvalue weighted by Crippen LogP contribution is -2.28. The number of hydrogen-bond acceptors (Lipinski definition) is 3. The molecule has 0 heterocycles. The summed E-state index contributed by atoms with van der Waals surface area (Å²) in [4.78, 5) is 0. The molecule has 0 aliphatic rings. The molecule has 3 nitrogen and oxygen atoms in total. The average Bonchev–Trinajstić information content (AvgIpc) is 1.85. The standard InChI is InChI=1S/C6H16N2O.ClH/c1-2-8-5-6(9)3-4-7;/h6,8-9H,2-5,7H2,1H3;1H. The van der Waals surface area contributed by atoms with E-state index in [2.05, 4.69) is 5.32 Å². The first kappa shape index (κ1) is 12.8. The SMILES string of the molecule is CCNCC(O)CCN.Cl. The first-order chi connectivity index (χ1) is 4.31. The van der Waals surface area contributed by atoms with Crippen molar-refractivity contribution in [3.05, 3.63) is 0 Å². The van der Waals surface area contributed by atoms with Crippen molar-refractivity contribution in [2.75, 3.05) is 19.6 Å². The number of nitrogens with two attached hydrogens (primary N) is 1. The highest BCUT2D eigenvalue weighted by Crippen LogP contribution is 1.84. The zero-order valence-electron chi connectivity index (χ0n) is 6.34. The van der Waals surface area contributed by atoms with Crippen LogP contribution in [0.5, 0.6) is 0 Å². The monoisotopic (exact) mass is 168 g/mol. The molecule has 0 aromatic heterocycles. The third-order valence-corrected chi connectivity index (χ3v) is 1.13. The van der Waals surface area contributed by atoms with Crippen LogP contribution in [0.1, 0.15) is 13.3 Å². The van der Waals surface area contributed by atoms with Gasteiger partial charge in [0.05, 0.1) is 6.10 Å². The molecule has 64 valence electrons. The summed E-state index contributed by atoms with van der Waals surface area (Å²) in [6.07, 6.45) is 0.419. The Hall–Kier alpha value is 0.170. The minimum Gasteiger partial charge on any atom is -0.392 e. The van der Waals surface area contributed by atoms with Crippen LogP contribution in [0.4, 0.5) is 0 Å². The number of aliphatic hydroxyl groups is 1. The van der Waals surface area contributed by atoms with Gasteiger partial charge in [-0.2, -0.15) is 0 Å². The van der Waals surface area contributed by atoms with Crippen molar-refractivity contribution < 1.29 is 5.11 Å². The van der Waals surface area contributed by atoms with Gasteiger partial charge in [0.2, 0.25) is 0 Å². The fourth-order valence-electron chi connectivity index (χ4n) is 0.605. The van der Waals surface area contributed by atoms with Gasteiger partial charge in [-0.05, 0) is 19.5 Å². The van der Waals surface area contributed by atoms with Gasteiger partial charge in [0.1, 0.15) is 0 Å². The van der Waals surface area contributed by atoms with Crippen LogP contribution in [0.2, 0.25) is 0 Å². The average molecular weight is 169 g/mol. The molecule has 0 aliphatic heterocycles. The summed E-state index contributed by atoms with van der Waals surface area (Å²) in [5.74, 6) is 0. The summed E-state index contributed by atoms with van der Waals surface area (Å²) in [6.45, 7) is 4.14. The van der Waals surface area contributed by atoms with Gasteiger partial charge in [-0.1, -0.05) is 6.92 Å². The molecule has 0 fully saturated rings. The molecule has 1 unspecified atom stereocenters. The molecule has 10 heavy (non-hydrogen) atoms. The Balaban J connectivity index is 0. The second-order valence-corrected chi connectivity index (χ2v) is 2.04. The van der Waals surface area contributed by atoms with Crippen molar-refractivity contribution in [3.63, 3.8) is 0 Å². The van der Waals surface area contributed by atoms with Crippen LogP contribution in [0, 0.1) is 0 Å². The lowest BCUT2D eigenvalue weighted by molar-refractivity contribution is 0.165. The topological polar surface area (TPSA) is 58.3 Å². The van der Waals surface area contributed by atoms with Gasteiger partial charge in [0.25, 0.3) is 0 Å². The van der Waals surface area contributed by atoms with E-state index in [0.717, 1.165) is 6.54 Å². The lowest BCUT2D eigenvalue weighted by atomic mass is 10.2. The Morgan fingerprint density at radius 2 is 2.20 bits per heavy atom. The number of likely N-dealkylation sites (N-methyl/N-ethyl adjacent to an activating group) is 1. The van der Waals surface area contributed by atoms with Gasteiger partial charge in [-0.25, -0.2) is 0 Å². The highest BCUT2D eigenvalue weighted by molar-refractivity contribution is 5.85. The van der Waals surface area contributed by atoms with Crippen molar-refractivity contribution in [2.24, 2.45) is 5.73 Å². The van der Waals surface area contributed by atoms with Gasteiger partial charge in [0, 0.05) is 6.54 Å². The minimum atomic E-state index is -0.269. The van der Waals surface area contributed by atoms with Gasteiger partial charge < -0.3 is 16.2 Å². The Morgan fingerprint density at radius 3 is 2.60 bits per heavy atom. The lowest BCUT2D eigenvalue weighted by Gasteiger charge is -2.07. The summed E-state index contributed by atoms with van der Waals surface area (Å²) in [7, 11) is 0. The van der Waals surface area contributed by atoms with Crippen LogP contribution in [-0.2, 0) is 0 Å². The highest BCUT2D eigenvalue weighted by Gasteiger charge is 1.98. The molecular formula is C6H17ClN2O. The fourth-order valence-corrected chi connectivity index (χ4v) is 0.605. The van der Waals surface area contributed by atoms with Crippen LogP contribution < -0.4 is 11.1 Å². The first-order valence-corrected chi connectivity index (χ1v) is 3.40. The normalized spacial score (nSPS) is 12.3. The summed E-state index contributed by atoms with van der Waals surface area (Å²) < 4.78 is 0. The predicted molar refractivity (Wildman–Crippen MR) is 45.5 cm³/mol. The maximum atomic E-state index is 9.04.